The van der Waals surface area contributed by atoms with Gasteiger partial charge in [-0.25, -0.2) is 9.18 Å². The third-order valence-electron chi connectivity index (χ3n) is 4.29. The van der Waals surface area contributed by atoms with Gasteiger partial charge in [-0.15, -0.1) is 13.2 Å². The highest BCUT2D eigenvalue weighted by Crippen LogP contribution is 2.47. The molecule has 1 N–H and O–H groups in total. The highest BCUT2D eigenvalue weighted by molar-refractivity contribution is 6.13. The summed E-state index contributed by atoms with van der Waals surface area (Å²) in [5, 5.41) is 9.14. The molecule has 0 radical (unpaired) electrons. The Balaban J connectivity index is 2.15. The van der Waals surface area contributed by atoms with Gasteiger partial charge >= 0.3 is 12.3 Å². The average molecular weight is 383 g/mol. The molecule has 0 aliphatic carbocycles. The second-order valence-electron chi connectivity index (χ2n) is 6.46. The molecule has 27 heavy (non-hydrogen) atoms. The SMILES string of the molecule is CC1(C)C(=O)N(c2cc(OC(F)(F)F)ccc2F)c2ccc(C(=O)O)cc21. The van der Waals surface area contributed by atoms with E-state index >= 15 is 0 Å². The summed E-state index contributed by atoms with van der Waals surface area (Å²) in [6, 6.07) is 6.19. The van der Waals surface area contributed by atoms with Crippen molar-refractivity contribution in [2.75, 3.05) is 4.90 Å². The van der Waals surface area contributed by atoms with E-state index in [-0.39, 0.29) is 11.3 Å². The first-order chi connectivity index (χ1) is 12.4. The van der Waals surface area contributed by atoms with Gasteiger partial charge in [-0.1, -0.05) is 0 Å². The summed E-state index contributed by atoms with van der Waals surface area (Å²) in [4.78, 5) is 25.0. The highest BCUT2D eigenvalue weighted by Gasteiger charge is 2.46. The molecule has 0 spiro atoms. The summed E-state index contributed by atoms with van der Waals surface area (Å²) >= 11 is 0. The van der Waals surface area contributed by atoms with E-state index in [0.29, 0.717) is 5.56 Å². The van der Waals surface area contributed by atoms with Gasteiger partial charge in [0, 0.05) is 6.07 Å². The molecule has 0 fully saturated rings. The Morgan fingerprint density at radius 3 is 2.37 bits per heavy atom. The lowest BCUT2D eigenvalue weighted by Gasteiger charge is -2.21. The number of nitrogens with zero attached hydrogens (tertiary/aromatic N) is 1. The van der Waals surface area contributed by atoms with Gasteiger partial charge in [-0.2, -0.15) is 0 Å². The molecule has 0 unspecified atom stereocenters. The van der Waals surface area contributed by atoms with Gasteiger partial charge in [0.05, 0.1) is 22.4 Å². The molecule has 2 aromatic carbocycles. The molecular weight excluding hydrogens is 370 g/mol. The second kappa shape index (κ2) is 5.97. The summed E-state index contributed by atoms with van der Waals surface area (Å²) in [7, 11) is 0. The number of carbonyl (C=O) groups excluding carboxylic acids is 1. The molecule has 1 heterocycles. The zero-order valence-corrected chi connectivity index (χ0v) is 14.1. The molecule has 1 amide bonds. The fourth-order valence-electron chi connectivity index (χ4n) is 2.97. The van der Waals surface area contributed by atoms with Gasteiger partial charge in [0.2, 0.25) is 5.91 Å². The summed E-state index contributed by atoms with van der Waals surface area (Å²) in [6.07, 6.45) is -4.97. The van der Waals surface area contributed by atoms with E-state index in [1.54, 1.807) is 0 Å². The van der Waals surface area contributed by atoms with Gasteiger partial charge in [-0.05, 0) is 49.7 Å². The molecule has 1 aliphatic rings. The van der Waals surface area contributed by atoms with Crippen molar-refractivity contribution < 1.29 is 37.0 Å². The zero-order chi connectivity index (χ0) is 20.1. The van der Waals surface area contributed by atoms with Crippen molar-refractivity contribution >= 4 is 23.3 Å². The van der Waals surface area contributed by atoms with Crippen LogP contribution >= 0.6 is 0 Å². The summed E-state index contributed by atoms with van der Waals surface area (Å²) in [5.41, 5.74) is -1.16. The minimum absolute atomic E-state index is 0.0638. The fraction of sp³-hybridized carbons (Fsp3) is 0.222. The van der Waals surface area contributed by atoms with Crippen LogP contribution in [0.4, 0.5) is 28.9 Å². The first-order valence-corrected chi connectivity index (χ1v) is 7.69. The van der Waals surface area contributed by atoms with Crippen LogP contribution in [0.5, 0.6) is 5.75 Å². The van der Waals surface area contributed by atoms with Crippen LogP contribution in [-0.4, -0.2) is 23.3 Å². The van der Waals surface area contributed by atoms with Crippen molar-refractivity contribution in [2.45, 2.75) is 25.6 Å². The molecule has 0 bridgehead atoms. The Labute approximate surface area is 150 Å². The van der Waals surface area contributed by atoms with Crippen LogP contribution in [0.15, 0.2) is 36.4 Å². The largest absolute Gasteiger partial charge is 0.573 e. The lowest BCUT2D eigenvalue weighted by atomic mass is 9.85. The number of aromatic carboxylic acids is 1. The van der Waals surface area contributed by atoms with Crippen molar-refractivity contribution in [3.63, 3.8) is 0 Å². The maximum absolute atomic E-state index is 14.4. The Morgan fingerprint density at radius 2 is 1.78 bits per heavy atom. The van der Waals surface area contributed by atoms with E-state index < -0.39 is 40.9 Å². The minimum atomic E-state index is -4.97. The number of ether oxygens (including phenoxy) is 1. The molecule has 2 aromatic rings. The number of anilines is 2. The van der Waals surface area contributed by atoms with E-state index in [0.717, 1.165) is 23.1 Å². The van der Waals surface area contributed by atoms with E-state index in [9.17, 15) is 27.2 Å². The van der Waals surface area contributed by atoms with Crippen molar-refractivity contribution in [2.24, 2.45) is 0 Å². The molecular formula is C18H13F4NO4. The van der Waals surface area contributed by atoms with Crippen molar-refractivity contribution in [1.82, 2.24) is 0 Å². The van der Waals surface area contributed by atoms with Gasteiger partial charge in [-0.3, -0.25) is 9.69 Å². The normalized spacial score (nSPS) is 15.6. The smallest absolute Gasteiger partial charge is 0.478 e. The van der Waals surface area contributed by atoms with Gasteiger partial charge in [0.15, 0.2) is 0 Å². The molecule has 142 valence electrons. The van der Waals surface area contributed by atoms with Crippen LogP contribution in [0, 0.1) is 5.82 Å². The highest BCUT2D eigenvalue weighted by atomic mass is 19.4. The zero-order valence-electron chi connectivity index (χ0n) is 14.1. The predicted octanol–water partition coefficient (Wildman–Crippen LogP) is 4.38. The van der Waals surface area contributed by atoms with Crippen LogP contribution < -0.4 is 9.64 Å². The second-order valence-corrected chi connectivity index (χ2v) is 6.46. The average Bonchev–Trinajstić information content (AvgIpc) is 2.75. The molecule has 0 saturated carbocycles. The minimum Gasteiger partial charge on any atom is -0.478 e. The lowest BCUT2D eigenvalue weighted by Crippen LogP contribution is -2.33. The number of hydrogen-bond acceptors (Lipinski definition) is 3. The molecule has 0 aromatic heterocycles. The molecule has 5 nitrogen and oxygen atoms in total. The number of hydrogen-bond donors (Lipinski definition) is 1. The van der Waals surface area contributed by atoms with Crippen LogP contribution in [0.3, 0.4) is 0 Å². The quantitative estimate of drug-likeness (QED) is 0.799. The molecule has 0 saturated heterocycles. The first-order valence-electron chi connectivity index (χ1n) is 7.69. The van der Waals surface area contributed by atoms with Crippen LogP contribution in [0.2, 0.25) is 0 Å². The third kappa shape index (κ3) is 3.20. The van der Waals surface area contributed by atoms with Crippen molar-refractivity contribution in [3.05, 3.63) is 53.3 Å². The van der Waals surface area contributed by atoms with Crippen LogP contribution in [0.25, 0.3) is 0 Å². The van der Waals surface area contributed by atoms with E-state index in [2.05, 4.69) is 4.74 Å². The maximum atomic E-state index is 14.4. The number of carboxylic acid groups (broad SMARTS) is 1. The number of fused-ring (bicyclic) bond motifs is 1. The van der Waals surface area contributed by atoms with E-state index in [1.165, 1.54) is 32.0 Å². The Morgan fingerprint density at radius 1 is 1.11 bits per heavy atom. The Hall–Kier alpha value is -3.10. The standard InChI is InChI=1S/C18H13F4NO4/c1-17(2)11-7-9(15(24)25)3-6-13(11)23(16(17)26)14-8-10(4-5-12(14)19)27-18(20,21)22/h3-8H,1-2H3,(H,24,25). The summed E-state index contributed by atoms with van der Waals surface area (Å²) in [6.45, 7) is 3.04. The third-order valence-corrected chi connectivity index (χ3v) is 4.29. The molecule has 0 atom stereocenters. The monoisotopic (exact) mass is 383 g/mol. The topological polar surface area (TPSA) is 66.8 Å². The fourth-order valence-corrected chi connectivity index (χ4v) is 2.97. The summed E-state index contributed by atoms with van der Waals surface area (Å²) in [5.74, 6) is -3.42. The van der Waals surface area contributed by atoms with Crippen LogP contribution in [-0.2, 0) is 10.2 Å². The van der Waals surface area contributed by atoms with E-state index in [1.807, 2.05) is 0 Å². The number of carbonyl (C=O) groups is 2. The number of amides is 1. The number of alkyl halides is 3. The Bertz CT molecular complexity index is 953. The lowest BCUT2D eigenvalue weighted by molar-refractivity contribution is -0.274. The van der Waals surface area contributed by atoms with E-state index in [4.69, 9.17) is 5.11 Å². The van der Waals surface area contributed by atoms with Gasteiger partial charge < -0.3 is 9.84 Å². The predicted molar refractivity (Wildman–Crippen MR) is 86.7 cm³/mol. The number of rotatable bonds is 3. The van der Waals surface area contributed by atoms with Gasteiger partial charge in [0.1, 0.15) is 11.6 Å². The number of halogens is 4. The van der Waals surface area contributed by atoms with Crippen molar-refractivity contribution in [3.8, 4) is 5.75 Å². The first kappa shape index (κ1) is 18.7. The number of benzene rings is 2. The van der Waals surface area contributed by atoms with Crippen LogP contribution in [0.1, 0.15) is 29.8 Å². The Kier molecular flexibility index (Phi) is 4.13. The van der Waals surface area contributed by atoms with Crippen molar-refractivity contribution in [1.29, 1.82) is 0 Å². The maximum Gasteiger partial charge on any atom is 0.573 e. The molecule has 3 rings (SSSR count). The molecule has 1 aliphatic heterocycles. The summed E-state index contributed by atoms with van der Waals surface area (Å²) < 4.78 is 55.5. The molecule has 9 heteroatoms. The van der Waals surface area contributed by atoms with Gasteiger partial charge in [0.25, 0.3) is 0 Å². The number of carboxylic acids is 1.